The van der Waals surface area contributed by atoms with E-state index in [0.717, 1.165) is 18.9 Å². The maximum Gasteiger partial charge on any atom is 0.241 e. The standard InChI is InChI=1S/C17H24N2OS/c1-3-13-16(20)19(10-17(8-9-17)12-5-6-12)15(18-13)14-7-4-11(2)21-14/h4,7,12-13,15,18H,3,5-6,8-10H2,1-2H3. The molecule has 1 saturated heterocycles. The summed E-state index contributed by atoms with van der Waals surface area (Å²) in [6.45, 7) is 5.21. The highest BCUT2D eigenvalue weighted by Crippen LogP contribution is 2.62. The zero-order chi connectivity index (χ0) is 14.6. The zero-order valence-electron chi connectivity index (χ0n) is 12.9. The maximum atomic E-state index is 12.7. The molecule has 2 saturated carbocycles. The van der Waals surface area contributed by atoms with E-state index in [0.29, 0.717) is 11.3 Å². The summed E-state index contributed by atoms with van der Waals surface area (Å²) in [5, 5.41) is 3.57. The van der Waals surface area contributed by atoms with Crippen LogP contribution in [0.15, 0.2) is 12.1 Å². The van der Waals surface area contributed by atoms with Gasteiger partial charge in [-0.25, -0.2) is 0 Å². The summed E-state index contributed by atoms with van der Waals surface area (Å²) in [6.07, 6.45) is 6.41. The number of carbonyl (C=O) groups excluding carboxylic acids is 1. The number of amides is 1. The van der Waals surface area contributed by atoms with E-state index >= 15 is 0 Å². The summed E-state index contributed by atoms with van der Waals surface area (Å²) < 4.78 is 0. The molecule has 0 spiro atoms. The number of nitrogens with one attached hydrogen (secondary N) is 1. The fraction of sp³-hybridized carbons (Fsp3) is 0.706. The minimum absolute atomic E-state index is 0.00686. The molecule has 3 aliphatic rings. The first-order valence-corrected chi connectivity index (χ1v) is 9.07. The van der Waals surface area contributed by atoms with E-state index in [2.05, 4.69) is 36.2 Å². The number of nitrogens with zero attached hydrogens (tertiary/aromatic N) is 1. The van der Waals surface area contributed by atoms with Crippen molar-refractivity contribution in [1.29, 1.82) is 0 Å². The van der Waals surface area contributed by atoms with Crippen molar-refractivity contribution in [3.63, 3.8) is 0 Å². The summed E-state index contributed by atoms with van der Waals surface area (Å²) in [6, 6.07) is 4.36. The van der Waals surface area contributed by atoms with E-state index in [1.807, 2.05) is 11.3 Å². The van der Waals surface area contributed by atoms with Crippen molar-refractivity contribution in [3.8, 4) is 0 Å². The van der Waals surface area contributed by atoms with Crippen LogP contribution in [0.5, 0.6) is 0 Å². The van der Waals surface area contributed by atoms with Gasteiger partial charge in [0, 0.05) is 16.3 Å². The Labute approximate surface area is 130 Å². The van der Waals surface area contributed by atoms with Crippen LogP contribution < -0.4 is 5.32 Å². The topological polar surface area (TPSA) is 32.3 Å². The number of thiophene rings is 1. The van der Waals surface area contributed by atoms with Gasteiger partial charge in [-0.3, -0.25) is 10.1 Å². The molecule has 0 radical (unpaired) electrons. The van der Waals surface area contributed by atoms with E-state index < -0.39 is 0 Å². The molecule has 0 aromatic carbocycles. The molecule has 1 aromatic rings. The van der Waals surface area contributed by atoms with Gasteiger partial charge in [-0.05, 0) is 62.5 Å². The van der Waals surface area contributed by atoms with Gasteiger partial charge < -0.3 is 4.90 Å². The highest BCUT2D eigenvalue weighted by atomic mass is 32.1. The number of rotatable bonds is 5. The van der Waals surface area contributed by atoms with Crippen LogP contribution in [0.1, 0.15) is 54.9 Å². The Morgan fingerprint density at radius 2 is 2.14 bits per heavy atom. The van der Waals surface area contributed by atoms with Crippen LogP contribution in [0.2, 0.25) is 0 Å². The van der Waals surface area contributed by atoms with Crippen molar-refractivity contribution >= 4 is 17.2 Å². The van der Waals surface area contributed by atoms with Crippen molar-refractivity contribution in [3.05, 3.63) is 21.9 Å². The third-order valence-corrected chi connectivity index (χ3v) is 6.56. The van der Waals surface area contributed by atoms with E-state index in [4.69, 9.17) is 0 Å². The predicted molar refractivity (Wildman–Crippen MR) is 85.1 cm³/mol. The molecular weight excluding hydrogens is 280 g/mol. The molecule has 0 bridgehead atoms. The molecule has 3 nitrogen and oxygen atoms in total. The molecule has 2 unspecified atom stereocenters. The van der Waals surface area contributed by atoms with Gasteiger partial charge >= 0.3 is 0 Å². The minimum atomic E-state index is 0.00686. The highest BCUT2D eigenvalue weighted by molar-refractivity contribution is 7.12. The van der Waals surface area contributed by atoms with Gasteiger partial charge in [-0.15, -0.1) is 11.3 Å². The second kappa shape index (κ2) is 4.82. The molecule has 4 rings (SSSR count). The predicted octanol–water partition coefficient (Wildman–Crippen LogP) is 3.46. The van der Waals surface area contributed by atoms with Gasteiger partial charge in [0.25, 0.3) is 0 Å². The lowest BCUT2D eigenvalue weighted by atomic mass is 9.99. The summed E-state index contributed by atoms with van der Waals surface area (Å²) in [7, 11) is 0. The Hall–Kier alpha value is -0.870. The number of carbonyl (C=O) groups is 1. The minimum Gasteiger partial charge on any atom is -0.320 e. The highest BCUT2D eigenvalue weighted by Gasteiger charge is 2.56. The third-order valence-electron chi connectivity index (χ3n) is 5.51. The van der Waals surface area contributed by atoms with Gasteiger partial charge in [-0.2, -0.15) is 0 Å². The Kier molecular flexibility index (Phi) is 3.16. The second-order valence-corrected chi connectivity index (χ2v) is 8.40. The first-order chi connectivity index (χ1) is 10.1. The number of hydrogen-bond donors (Lipinski definition) is 1. The van der Waals surface area contributed by atoms with E-state index in [9.17, 15) is 4.79 Å². The first-order valence-electron chi connectivity index (χ1n) is 8.26. The van der Waals surface area contributed by atoms with Crippen LogP contribution in [0.25, 0.3) is 0 Å². The van der Waals surface area contributed by atoms with Crippen molar-refractivity contribution in [2.75, 3.05) is 6.54 Å². The molecule has 3 fully saturated rings. The Bertz CT molecular complexity index is 559. The molecular formula is C17H24N2OS. The lowest BCUT2D eigenvalue weighted by Gasteiger charge is -2.28. The van der Waals surface area contributed by atoms with Crippen LogP contribution in [0.3, 0.4) is 0 Å². The molecule has 1 aromatic heterocycles. The van der Waals surface area contributed by atoms with Crippen molar-refractivity contribution < 1.29 is 4.79 Å². The molecule has 2 atom stereocenters. The quantitative estimate of drug-likeness (QED) is 0.903. The monoisotopic (exact) mass is 304 g/mol. The number of aryl methyl sites for hydroxylation is 1. The fourth-order valence-corrected chi connectivity index (χ4v) is 4.82. The SMILES string of the molecule is CCC1NC(c2ccc(C)s2)N(CC2(C3CC3)CC2)C1=O. The molecule has 2 heterocycles. The second-order valence-electron chi connectivity index (χ2n) is 7.08. The van der Waals surface area contributed by atoms with E-state index in [1.54, 1.807) is 0 Å². The maximum absolute atomic E-state index is 12.7. The molecule has 4 heteroatoms. The fourth-order valence-electron chi connectivity index (χ4n) is 3.87. The lowest BCUT2D eigenvalue weighted by Crippen LogP contribution is -2.36. The Morgan fingerprint density at radius 1 is 1.38 bits per heavy atom. The largest absolute Gasteiger partial charge is 0.320 e. The average Bonchev–Trinajstić information content (AvgIpc) is 3.36. The van der Waals surface area contributed by atoms with E-state index in [1.165, 1.54) is 35.4 Å². The lowest BCUT2D eigenvalue weighted by molar-refractivity contribution is -0.131. The van der Waals surface area contributed by atoms with Crippen LogP contribution >= 0.6 is 11.3 Å². The normalized spacial score (nSPS) is 31.0. The first kappa shape index (κ1) is 13.8. The van der Waals surface area contributed by atoms with Gasteiger partial charge in [0.1, 0.15) is 6.17 Å². The molecule has 114 valence electrons. The van der Waals surface area contributed by atoms with Crippen molar-refractivity contribution in [1.82, 2.24) is 10.2 Å². The summed E-state index contributed by atoms with van der Waals surface area (Å²) >= 11 is 1.82. The van der Waals surface area contributed by atoms with Crippen LogP contribution in [0.4, 0.5) is 0 Å². The Balaban J connectivity index is 1.59. The van der Waals surface area contributed by atoms with Gasteiger partial charge in [0.2, 0.25) is 5.91 Å². The van der Waals surface area contributed by atoms with Crippen LogP contribution in [0, 0.1) is 18.3 Å². The van der Waals surface area contributed by atoms with Crippen molar-refractivity contribution in [2.45, 2.75) is 58.2 Å². The Morgan fingerprint density at radius 3 is 2.67 bits per heavy atom. The summed E-state index contributed by atoms with van der Waals surface area (Å²) in [5.41, 5.74) is 0.477. The van der Waals surface area contributed by atoms with E-state index in [-0.39, 0.29) is 12.2 Å². The average molecular weight is 304 g/mol. The third kappa shape index (κ3) is 2.33. The van der Waals surface area contributed by atoms with Gasteiger partial charge in [0.05, 0.1) is 6.04 Å². The smallest absolute Gasteiger partial charge is 0.241 e. The summed E-state index contributed by atoms with van der Waals surface area (Å²) in [4.78, 5) is 17.5. The van der Waals surface area contributed by atoms with Gasteiger partial charge in [-0.1, -0.05) is 6.92 Å². The molecule has 1 amide bonds. The van der Waals surface area contributed by atoms with Crippen LogP contribution in [-0.2, 0) is 4.79 Å². The molecule has 2 aliphatic carbocycles. The molecule has 1 N–H and O–H groups in total. The van der Waals surface area contributed by atoms with Crippen molar-refractivity contribution in [2.24, 2.45) is 11.3 Å². The molecule has 1 aliphatic heterocycles. The molecule has 21 heavy (non-hydrogen) atoms. The number of hydrogen-bond acceptors (Lipinski definition) is 3. The van der Waals surface area contributed by atoms with Gasteiger partial charge in [0.15, 0.2) is 0 Å². The summed E-state index contributed by atoms with van der Waals surface area (Å²) in [5.74, 6) is 1.22. The van der Waals surface area contributed by atoms with Crippen LogP contribution in [-0.4, -0.2) is 23.4 Å². The zero-order valence-corrected chi connectivity index (χ0v) is 13.7.